The van der Waals surface area contributed by atoms with Crippen LogP contribution in [0.15, 0.2) is 5.38 Å². The largest absolute Gasteiger partial charge is 0.480 e. The van der Waals surface area contributed by atoms with Crippen molar-refractivity contribution >= 4 is 22.4 Å². The molecule has 5 heteroatoms. The zero-order valence-corrected chi connectivity index (χ0v) is 9.88. The monoisotopic (exact) mass is 228 g/mol. The van der Waals surface area contributed by atoms with E-state index in [-0.39, 0.29) is 6.54 Å². The van der Waals surface area contributed by atoms with Crippen molar-refractivity contribution in [3.63, 3.8) is 0 Å². The van der Waals surface area contributed by atoms with Crippen LogP contribution >= 0.6 is 11.3 Å². The van der Waals surface area contributed by atoms with Crippen LogP contribution < -0.4 is 4.90 Å². The first-order valence-electron chi connectivity index (χ1n) is 5.08. The van der Waals surface area contributed by atoms with E-state index in [4.69, 9.17) is 5.11 Å². The van der Waals surface area contributed by atoms with Crippen LogP contribution in [0.1, 0.15) is 26.0 Å². The van der Waals surface area contributed by atoms with Crippen molar-refractivity contribution < 1.29 is 9.90 Å². The number of hydrogen-bond donors (Lipinski definition) is 1. The predicted molar refractivity (Wildman–Crippen MR) is 61.6 cm³/mol. The molecule has 0 bridgehead atoms. The van der Waals surface area contributed by atoms with Gasteiger partial charge in [0.2, 0.25) is 0 Å². The van der Waals surface area contributed by atoms with Crippen LogP contribution in [0.5, 0.6) is 0 Å². The molecule has 0 atom stereocenters. The van der Waals surface area contributed by atoms with Gasteiger partial charge in [0.1, 0.15) is 6.54 Å². The van der Waals surface area contributed by atoms with Crippen LogP contribution in [-0.2, 0) is 11.2 Å². The third kappa shape index (κ3) is 3.51. The van der Waals surface area contributed by atoms with Crippen LogP contribution in [0.2, 0.25) is 0 Å². The summed E-state index contributed by atoms with van der Waals surface area (Å²) in [6.07, 6.45) is 1.82. The summed E-state index contributed by atoms with van der Waals surface area (Å²) >= 11 is 1.52. The topological polar surface area (TPSA) is 53.4 Å². The normalized spacial score (nSPS) is 10.3. The minimum Gasteiger partial charge on any atom is -0.480 e. The third-order valence-corrected chi connectivity index (χ3v) is 2.94. The molecule has 1 N–H and O–H groups in total. The Morgan fingerprint density at radius 3 is 2.80 bits per heavy atom. The van der Waals surface area contributed by atoms with E-state index in [1.54, 1.807) is 0 Å². The average Bonchev–Trinajstić information content (AvgIpc) is 2.64. The lowest BCUT2D eigenvalue weighted by Crippen LogP contribution is -2.30. The first kappa shape index (κ1) is 12.0. The van der Waals surface area contributed by atoms with Gasteiger partial charge in [-0.1, -0.05) is 13.8 Å². The second kappa shape index (κ2) is 5.70. The van der Waals surface area contributed by atoms with E-state index in [9.17, 15) is 4.79 Å². The van der Waals surface area contributed by atoms with Gasteiger partial charge in [-0.3, -0.25) is 4.79 Å². The van der Waals surface area contributed by atoms with Crippen molar-refractivity contribution in [2.75, 3.05) is 18.0 Å². The molecule has 0 amide bonds. The van der Waals surface area contributed by atoms with Gasteiger partial charge in [-0.2, -0.15) is 0 Å². The number of aryl methyl sites for hydroxylation is 1. The molecule has 0 fully saturated rings. The minimum absolute atomic E-state index is 0.0322. The van der Waals surface area contributed by atoms with Crippen LogP contribution in [-0.4, -0.2) is 29.1 Å². The second-order valence-corrected chi connectivity index (χ2v) is 4.13. The van der Waals surface area contributed by atoms with Gasteiger partial charge < -0.3 is 10.0 Å². The smallest absolute Gasteiger partial charge is 0.323 e. The van der Waals surface area contributed by atoms with E-state index < -0.39 is 5.97 Å². The molecule has 0 aliphatic carbocycles. The number of rotatable bonds is 6. The van der Waals surface area contributed by atoms with Crippen molar-refractivity contribution in [2.45, 2.75) is 26.7 Å². The van der Waals surface area contributed by atoms with Gasteiger partial charge in [-0.25, -0.2) is 4.98 Å². The van der Waals surface area contributed by atoms with E-state index in [2.05, 4.69) is 4.98 Å². The van der Waals surface area contributed by atoms with E-state index in [0.29, 0.717) is 0 Å². The highest BCUT2D eigenvalue weighted by atomic mass is 32.1. The van der Waals surface area contributed by atoms with Gasteiger partial charge in [0.05, 0.1) is 5.69 Å². The molecule has 0 saturated carbocycles. The van der Waals surface area contributed by atoms with Gasteiger partial charge in [-0.05, 0) is 12.8 Å². The van der Waals surface area contributed by atoms with Gasteiger partial charge in [0, 0.05) is 11.9 Å². The number of anilines is 1. The fraction of sp³-hybridized carbons (Fsp3) is 0.600. The van der Waals surface area contributed by atoms with E-state index in [1.165, 1.54) is 11.3 Å². The summed E-state index contributed by atoms with van der Waals surface area (Å²) in [5.41, 5.74) is 1.03. The molecule has 0 aromatic carbocycles. The Bertz CT molecular complexity index is 325. The zero-order chi connectivity index (χ0) is 11.3. The molecular formula is C10H16N2O2S. The Labute approximate surface area is 93.6 Å². The van der Waals surface area contributed by atoms with Gasteiger partial charge in [-0.15, -0.1) is 11.3 Å². The molecular weight excluding hydrogens is 212 g/mol. The van der Waals surface area contributed by atoms with Crippen molar-refractivity contribution in [3.8, 4) is 0 Å². The Kier molecular flexibility index (Phi) is 4.55. The fourth-order valence-electron chi connectivity index (χ4n) is 1.28. The van der Waals surface area contributed by atoms with Crippen molar-refractivity contribution in [1.29, 1.82) is 0 Å². The standard InChI is InChI=1S/C10H16N2O2S/c1-3-5-12(6-9(13)14)10-11-8(4-2)7-15-10/h7H,3-6H2,1-2H3,(H,13,14). The molecule has 84 valence electrons. The summed E-state index contributed by atoms with van der Waals surface area (Å²) in [6, 6.07) is 0. The fourth-order valence-corrected chi connectivity index (χ4v) is 2.22. The quantitative estimate of drug-likeness (QED) is 0.809. The number of carbonyl (C=O) groups is 1. The van der Waals surface area contributed by atoms with Crippen molar-refractivity contribution in [3.05, 3.63) is 11.1 Å². The molecule has 0 radical (unpaired) electrons. The number of carboxylic acid groups (broad SMARTS) is 1. The molecule has 15 heavy (non-hydrogen) atoms. The molecule has 1 heterocycles. The molecule has 1 rings (SSSR count). The lowest BCUT2D eigenvalue weighted by Gasteiger charge is -2.18. The highest BCUT2D eigenvalue weighted by Crippen LogP contribution is 2.20. The van der Waals surface area contributed by atoms with Crippen molar-refractivity contribution in [2.24, 2.45) is 0 Å². The average molecular weight is 228 g/mol. The Hall–Kier alpha value is -1.10. The van der Waals surface area contributed by atoms with E-state index in [0.717, 1.165) is 30.2 Å². The van der Waals surface area contributed by atoms with Crippen LogP contribution in [0.25, 0.3) is 0 Å². The van der Waals surface area contributed by atoms with Gasteiger partial charge in [0.25, 0.3) is 0 Å². The number of hydrogen-bond acceptors (Lipinski definition) is 4. The zero-order valence-electron chi connectivity index (χ0n) is 9.06. The van der Waals surface area contributed by atoms with Crippen LogP contribution in [0, 0.1) is 0 Å². The highest BCUT2D eigenvalue weighted by molar-refractivity contribution is 7.13. The predicted octanol–water partition coefficient (Wildman–Crippen LogP) is 2.01. The van der Waals surface area contributed by atoms with Gasteiger partial charge >= 0.3 is 5.97 Å². The second-order valence-electron chi connectivity index (χ2n) is 3.29. The summed E-state index contributed by atoms with van der Waals surface area (Å²) in [5.74, 6) is -0.809. The molecule has 0 aliphatic rings. The maximum absolute atomic E-state index is 10.7. The molecule has 0 aliphatic heterocycles. The molecule has 1 aromatic heterocycles. The Morgan fingerprint density at radius 1 is 1.60 bits per heavy atom. The summed E-state index contributed by atoms with van der Waals surface area (Å²) in [5, 5.41) is 11.6. The van der Waals surface area contributed by atoms with Crippen molar-refractivity contribution in [1.82, 2.24) is 4.98 Å². The first-order valence-corrected chi connectivity index (χ1v) is 5.96. The van der Waals surface area contributed by atoms with Crippen LogP contribution in [0.4, 0.5) is 5.13 Å². The molecule has 0 unspecified atom stereocenters. The number of aliphatic carboxylic acids is 1. The maximum Gasteiger partial charge on any atom is 0.323 e. The number of nitrogens with zero attached hydrogens (tertiary/aromatic N) is 2. The lowest BCUT2D eigenvalue weighted by atomic mass is 10.4. The number of carboxylic acids is 1. The number of aromatic nitrogens is 1. The summed E-state index contributed by atoms with van der Waals surface area (Å²) < 4.78 is 0. The first-order chi connectivity index (χ1) is 7.17. The Balaban J connectivity index is 2.73. The maximum atomic E-state index is 10.7. The summed E-state index contributed by atoms with van der Waals surface area (Å²) in [6.45, 7) is 4.84. The Morgan fingerprint density at radius 2 is 2.33 bits per heavy atom. The summed E-state index contributed by atoms with van der Waals surface area (Å²) in [4.78, 5) is 16.9. The molecule has 1 aromatic rings. The minimum atomic E-state index is -0.809. The van der Waals surface area contributed by atoms with E-state index >= 15 is 0 Å². The van der Waals surface area contributed by atoms with Crippen LogP contribution in [0.3, 0.4) is 0 Å². The summed E-state index contributed by atoms with van der Waals surface area (Å²) in [7, 11) is 0. The number of thiazole rings is 1. The highest BCUT2D eigenvalue weighted by Gasteiger charge is 2.12. The lowest BCUT2D eigenvalue weighted by molar-refractivity contribution is -0.135. The molecule has 4 nitrogen and oxygen atoms in total. The molecule has 0 spiro atoms. The van der Waals surface area contributed by atoms with Gasteiger partial charge in [0.15, 0.2) is 5.13 Å². The SMILES string of the molecule is CCCN(CC(=O)O)c1nc(CC)cs1. The molecule has 0 saturated heterocycles. The third-order valence-electron chi connectivity index (χ3n) is 1.99. The van der Waals surface area contributed by atoms with E-state index in [1.807, 2.05) is 24.1 Å².